The number of anilines is 1. The number of nitrogens with zero attached hydrogens (tertiary/aromatic N) is 2. The number of amides is 1. The van der Waals surface area contributed by atoms with Crippen LogP contribution < -0.4 is 10.6 Å². The number of benzene rings is 1. The molecule has 20 heavy (non-hydrogen) atoms. The average Bonchev–Trinajstić information content (AvgIpc) is 2.46. The van der Waals surface area contributed by atoms with Crippen LogP contribution in [0.1, 0.15) is 29.8 Å². The van der Waals surface area contributed by atoms with Crippen molar-refractivity contribution in [2.24, 2.45) is 0 Å². The van der Waals surface area contributed by atoms with Crippen LogP contribution in [0.4, 0.5) is 5.69 Å². The zero-order chi connectivity index (χ0) is 14.4. The topological polar surface area (TPSA) is 66.9 Å². The maximum absolute atomic E-state index is 11.9. The maximum atomic E-state index is 11.9. The van der Waals surface area contributed by atoms with Crippen LogP contribution in [0.25, 0.3) is 0 Å². The molecule has 0 aliphatic carbocycles. The van der Waals surface area contributed by atoms with Crippen molar-refractivity contribution in [1.82, 2.24) is 15.3 Å². The number of aromatic nitrogens is 2. The lowest BCUT2D eigenvalue weighted by molar-refractivity contribution is 0.0943. The second kappa shape index (κ2) is 6.65. The van der Waals surface area contributed by atoms with E-state index in [0.29, 0.717) is 12.1 Å². The molecule has 1 aromatic carbocycles. The third-order valence-corrected chi connectivity index (χ3v) is 2.66. The lowest BCUT2D eigenvalue weighted by Crippen LogP contribution is -2.30. The van der Waals surface area contributed by atoms with Crippen molar-refractivity contribution in [3.8, 4) is 0 Å². The van der Waals surface area contributed by atoms with Crippen LogP contribution in [-0.2, 0) is 6.54 Å². The third kappa shape index (κ3) is 4.05. The van der Waals surface area contributed by atoms with Crippen molar-refractivity contribution >= 4 is 11.6 Å². The molecule has 0 fully saturated rings. The number of hydrogen-bond donors (Lipinski definition) is 2. The molecule has 2 N–H and O–H groups in total. The highest BCUT2D eigenvalue weighted by Gasteiger charge is 2.07. The van der Waals surface area contributed by atoms with Crippen LogP contribution >= 0.6 is 0 Å². The minimum absolute atomic E-state index is 0.0632. The predicted octanol–water partition coefficient (Wildman–Crippen LogP) is 2.23. The van der Waals surface area contributed by atoms with Crippen LogP contribution in [0.2, 0.25) is 0 Å². The van der Waals surface area contributed by atoms with Gasteiger partial charge in [0.1, 0.15) is 6.33 Å². The van der Waals surface area contributed by atoms with Crippen LogP contribution in [0.5, 0.6) is 0 Å². The number of hydrogen-bond acceptors (Lipinski definition) is 4. The summed E-state index contributed by atoms with van der Waals surface area (Å²) < 4.78 is 0. The summed E-state index contributed by atoms with van der Waals surface area (Å²) in [4.78, 5) is 19.8. The molecule has 2 aromatic rings. The molecule has 0 spiro atoms. The third-order valence-electron chi connectivity index (χ3n) is 2.66. The second-order valence-electron chi connectivity index (χ2n) is 4.81. The molecule has 1 heterocycles. The van der Waals surface area contributed by atoms with E-state index in [9.17, 15) is 4.79 Å². The molecule has 0 bridgehead atoms. The van der Waals surface area contributed by atoms with E-state index in [1.165, 1.54) is 6.33 Å². The van der Waals surface area contributed by atoms with Gasteiger partial charge in [-0.25, -0.2) is 9.97 Å². The summed E-state index contributed by atoms with van der Waals surface area (Å²) >= 11 is 0. The Hall–Kier alpha value is -2.43. The first-order chi connectivity index (χ1) is 9.65. The van der Waals surface area contributed by atoms with Gasteiger partial charge in [-0.15, -0.1) is 0 Å². The largest absolute Gasteiger partial charge is 0.381 e. The molecule has 0 aliphatic heterocycles. The Labute approximate surface area is 118 Å². The van der Waals surface area contributed by atoms with E-state index in [1.54, 1.807) is 18.5 Å². The van der Waals surface area contributed by atoms with E-state index in [1.807, 2.05) is 32.0 Å². The SMILES string of the molecule is CC(C)NC(=O)c1cccc(NCc2cncnc2)c1. The van der Waals surface area contributed by atoms with Gasteiger partial charge in [-0.3, -0.25) is 4.79 Å². The lowest BCUT2D eigenvalue weighted by Gasteiger charge is -2.10. The standard InChI is InChI=1S/C15H18N4O/c1-11(2)19-15(20)13-4-3-5-14(6-13)18-9-12-7-16-10-17-8-12/h3-8,10-11,18H,9H2,1-2H3,(H,19,20). The summed E-state index contributed by atoms with van der Waals surface area (Å²) in [6.45, 7) is 4.50. The predicted molar refractivity (Wildman–Crippen MR) is 78.4 cm³/mol. The molecule has 0 aliphatic rings. The monoisotopic (exact) mass is 270 g/mol. The van der Waals surface area contributed by atoms with Gasteiger partial charge in [0.25, 0.3) is 5.91 Å². The molecule has 5 heteroatoms. The first kappa shape index (κ1) is 14.0. The molecule has 2 rings (SSSR count). The first-order valence-corrected chi connectivity index (χ1v) is 6.54. The molecular formula is C15H18N4O. The van der Waals surface area contributed by atoms with Gasteiger partial charge in [0.2, 0.25) is 0 Å². The Kier molecular flexibility index (Phi) is 4.65. The molecular weight excluding hydrogens is 252 g/mol. The summed E-state index contributed by atoms with van der Waals surface area (Å²) in [7, 11) is 0. The zero-order valence-electron chi connectivity index (χ0n) is 11.6. The average molecular weight is 270 g/mol. The van der Waals surface area contributed by atoms with E-state index in [0.717, 1.165) is 11.3 Å². The Bertz CT molecular complexity index is 569. The number of nitrogens with one attached hydrogen (secondary N) is 2. The van der Waals surface area contributed by atoms with E-state index in [4.69, 9.17) is 0 Å². The Morgan fingerprint density at radius 3 is 2.70 bits per heavy atom. The highest BCUT2D eigenvalue weighted by atomic mass is 16.1. The summed E-state index contributed by atoms with van der Waals surface area (Å²) in [5, 5.41) is 6.12. The van der Waals surface area contributed by atoms with Gasteiger partial charge < -0.3 is 10.6 Å². The van der Waals surface area contributed by atoms with Gasteiger partial charge in [0.05, 0.1) is 0 Å². The van der Waals surface area contributed by atoms with Crippen molar-refractivity contribution in [1.29, 1.82) is 0 Å². The van der Waals surface area contributed by atoms with Crippen molar-refractivity contribution < 1.29 is 4.79 Å². The lowest BCUT2D eigenvalue weighted by atomic mass is 10.1. The molecule has 0 saturated heterocycles. The van der Waals surface area contributed by atoms with Gasteiger partial charge in [0.15, 0.2) is 0 Å². The van der Waals surface area contributed by atoms with Crippen LogP contribution in [-0.4, -0.2) is 21.9 Å². The van der Waals surface area contributed by atoms with E-state index in [-0.39, 0.29) is 11.9 Å². The van der Waals surface area contributed by atoms with Gasteiger partial charge >= 0.3 is 0 Å². The fourth-order valence-corrected chi connectivity index (χ4v) is 1.74. The quantitative estimate of drug-likeness (QED) is 0.874. The van der Waals surface area contributed by atoms with Gasteiger partial charge in [-0.05, 0) is 32.0 Å². The van der Waals surface area contributed by atoms with Gasteiger partial charge in [0, 0.05) is 41.8 Å². The minimum atomic E-state index is -0.0632. The highest BCUT2D eigenvalue weighted by Crippen LogP contribution is 2.12. The molecule has 1 amide bonds. The first-order valence-electron chi connectivity index (χ1n) is 6.54. The molecule has 0 saturated carbocycles. The summed E-state index contributed by atoms with van der Waals surface area (Å²) in [5.41, 5.74) is 2.53. The van der Waals surface area contributed by atoms with Crippen LogP contribution in [0.3, 0.4) is 0 Å². The van der Waals surface area contributed by atoms with Crippen LogP contribution in [0.15, 0.2) is 43.0 Å². The van der Waals surface area contributed by atoms with Crippen molar-refractivity contribution in [3.63, 3.8) is 0 Å². The molecule has 5 nitrogen and oxygen atoms in total. The minimum Gasteiger partial charge on any atom is -0.381 e. The number of rotatable bonds is 5. The molecule has 0 radical (unpaired) electrons. The molecule has 104 valence electrons. The fraction of sp³-hybridized carbons (Fsp3) is 0.267. The Balaban J connectivity index is 2.01. The normalized spacial score (nSPS) is 10.3. The van der Waals surface area contributed by atoms with Gasteiger partial charge in [-0.2, -0.15) is 0 Å². The second-order valence-corrected chi connectivity index (χ2v) is 4.81. The maximum Gasteiger partial charge on any atom is 0.251 e. The molecule has 0 unspecified atom stereocenters. The smallest absolute Gasteiger partial charge is 0.251 e. The number of carbonyl (C=O) groups excluding carboxylic acids is 1. The van der Waals surface area contributed by atoms with Crippen molar-refractivity contribution in [2.75, 3.05) is 5.32 Å². The zero-order valence-corrected chi connectivity index (χ0v) is 11.6. The van der Waals surface area contributed by atoms with Crippen LogP contribution in [0, 0.1) is 0 Å². The summed E-state index contributed by atoms with van der Waals surface area (Å²) in [6, 6.07) is 7.55. The molecule has 0 atom stereocenters. The number of carbonyl (C=O) groups is 1. The Morgan fingerprint density at radius 2 is 2.00 bits per heavy atom. The highest BCUT2D eigenvalue weighted by molar-refractivity contribution is 5.95. The van der Waals surface area contributed by atoms with Crippen molar-refractivity contribution in [3.05, 3.63) is 54.1 Å². The van der Waals surface area contributed by atoms with E-state index >= 15 is 0 Å². The summed E-state index contributed by atoms with van der Waals surface area (Å²) in [5.74, 6) is -0.0632. The van der Waals surface area contributed by atoms with Crippen molar-refractivity contribution in [2.45, 2.75) is 26.4 Å². The van der Waals surface area contributed by atoms with E-state index in [2.05, 4.69) is 20.6 Å². The van der Waals surface area contributed by atoms with E-state index < -0.39 is 0 Å². The molecule has 1 aromatic heterocycles. The van der Waals surface area contributed by atoms with Gasteiger partial charge in [-0.1, -0.05) is 6.07 Å². The summed E-state index contributed by atoms with van der Waals surface area (Å²) in [6.07, 6.45) is 5.02. The Morgan fingerprint density at radius 1 is 1.25 bits per heavy atom. The fourth-order valence-electron chi connectivity index (χ4n) is 1.74.